The first-order valence-corrected chi connectivity index (χ1v) is 5.46. The Labute approximate surface area is 84.6 Å². The van der Waals surface area contributed by atoms with Crippen LogP contribution in [-0.2, 0) is 9.53 Å². The Morgan fingerprint density at radius 3 is 3.00 bits per heavy atom. The molecule has 1 atom stereocenters. The third-order valence-corrected chi connectivity index (χ3v) is 2.86. The van der Waals surface area contributed by atoms with Crippen LogP contribution < -0.4 is 5.32 Å². The van der Waals surface area contributed by atoms with Crippen LogP contribution in [0.1, 0.15) is 19.8 Å². The van der Waals surface area contributed by atoms with Crippen molar-refractivity contribution in [2.24, 2.45) is 0 Å². The molecule has 4 heteroatoms. The molecule has 0 aromatic heterocycles. The Balaban J connectivity index is 1.94. The van der Waals surface area contributed by atoms with Gasteiger partial charge in [0, 0.05) is 25.7 Å². The zero-order chi connectivity index (χ0) is 9.97. The first-order chi connectivity index (χ1) is 6.83. The maximum Gasteiger partial charge on any atom is 0.324 e. The van der Waals surface area contributed by atoms with Gasteiger partial charge in [-0.15, -0.1) is 0 Å². The van der Waals surface area contributed by atoms with Crippen LogP contribution in [0.3, 0.4) is 0 Å². The average Bonchev–Trinajstić information content (AvgIpc) is 3.01. The fraction of sp³-hybridized carbons (Fsp3) is 0.900. The van der Waals surface area contributed by atoms with E-state index in [0.717, 1.165) is 19.6 Å². The smallest absolute Gasteiger partial charge is 0.324 e. The SMILES string of the molecule is CCOC(=O)C1CNCCN1C1CC1. The second-order valence-electron chi connectivity index (χ2n) is 3.94. The number of esters is 1. The molecule has 1 aliphatic heterocycles. The van der Waals surface area contributed by atoms with Crippen LogP contribution in [0, 0.1) is 0 Å². The molecule has 4 nitrogen and oxygen atoms in total. The van der Waals surface area contributed by atoms with Crippen LogP contribution in [0.25, 0.3) is 0 Å². The summed E-state index contributed by atoms with van der Waals surface area (Å²) in [6.45, 7) is 5.05. The van der Waals surface area contributed by atoms with E-state index < -0.39 is 0 Å². The number of nitrogens with zero attached hydrogens (tertiary/aromatic N) is 1. The predicted octanol–water partition coefficient (Wildman–Crippen LogP) is -0.0143. The van der Waals surface area contributed by atoms with Gasteiger partial charge in [-0.1, -0.05) is 0 Å². The summed E-state index contributed by atoms with van der Waals surface area (Å²) in [5.74, 6) is -0.0633. The molecule has 1 aliphatic carbocycles. The van der Waals surface area contributed by atoms with Crippen molar-refractivity contribution in [3.8, 4) is 0 Å². The lowest BCUT2D eigenvalue weighted by Crippen LogP contribution is -2.56. The molecule has 1 saturated carbocycles. The Morgan fingerprint density at radius 2 is 2.36 bits per heavy atom. The van der Waals surface area contributed by atoms with E-state index in [4.69, 9.17) is 4.74 Å². The van der Waals surface area contributed by atoms with Gasteiger partial charge in [0.05, 0.1) is 6.61 Å². The molecule has 0 radical (unpaired) electrons. The minimum absolute atomic E-state index is 0.0452. The topological polar surface area (TPSA) is 41.6 Å². The van der Waals surface area contributed by atoms with E-state index in [1.807, 2.05) is 6.92 Å². The monoisotopic (exact) mass is 198 g/mol. The van der Waals surface area contributed by atoms with Crippen molar-refractivity contribution in [3.05, 3.63) is 0 Å². The van der Waals surface area contributed by atoms with Gasteiger partial charge in [0.2, 0.25) is 0 Å². The van der Waals surface area contributed by atoms with E-state index >= 15 is 0 Å². The van der Waals surface area contributed by atoms with Gasteiger partial charge in [-0.25, -0.2) is 0 Å². The van der Waals surface area contributed by atoms with Crippen LogP contribution in [0.15, 0.2) is 0 Å². The zero-order valence-electron chi connectivity index (χ0n) is 8.66. The normalized spacial score (nSPS) is 28.8. The highest BCUT2D eigenvalue weighted by Crippen LogP contribution is 2.29. The standard InChI is InChI=1S/C10H18N2O2/c1-2-14-10(13)9-7-11-5-6-12(9)8-3-4-8/h8-9,11H,2-7H2,1H3. The highest BCUT2D eigenvalue weighted by atomic mass is 16.5. The summed E-state index contributed by atoms with van der Waals surface area (Å²) in [7, 11) is 0. The molecular formula is C10H18N2O2. The second kappa shape index (κ2) is 4.28. The molecule has 1 saturated heterocycles. The molecule has 0 aromatic rings. The van der Waals surface area contributed by atoms with Crippen LogP contribution in [-0.4, -0.2) is 49.2 Å². The van der Waals surface area contributed by atoms with Crippen LogP contribution in [0.2, 0.25) is 0 Å². The van der Waals surface area contributed by atoms with Crippen LogP contribution >= 0.6 is 0 Å². The molecule has 0 aromatic carbocycles. The van der Waals surface area contributed by atoms with E-state index in [1.165, 1.54) is 12.8 Å². The maximum atomic E-state index is 11.6. The van der Waals surface area contributed by atoms with Gasteiger partial charge in [0.1, 0.15) is 6.04 Å². The first kappa shape index (κ1) is 9.93. The number of piperazine rings is 1. The number of nitrogens with one attached hydrogen (secondary N) is 1. The predicted molar refractivity (Wildman–Crippen MR) is 53.0 cm³/mol. The summed E-state index contributed by atoms with van der Waals surface area (Å²) in [6.07, 6.45) is 2.49. The van der Waals surface area contributed by atoms with Crippen LogP contribution in [0.4, 0.5) is 0 Å². The number of carbonyl (C=O) groups is 1. The number of rotatable bonds is 3. The lowest BCUT2D eigenvalue weighted by atomic mass is 10.2. The van der Waals surface area contributed by atoms with Gasteiger partial charge in [0.15, 0.2) is 0 Å². The van der Waals surface area contributed by atoms with E-state index in [9.17, 15) is 4.79 Å². The van der Waals surface area contributed by atoms with Gasteiger partial charge >= 0.3 is 5.97 Å². The van der Waals surface area contributed by atoms with Crippen molar-refractivity contribution in [1.82, 2.24) is 10.2 Å². The van der Waals surface area contributed by atoms with E-state index in [2.05, 4.69) is 10.2 Å². The molecular weight excluding hydrogens is 180 g/mol. The van der Waals surface area contributed by atoms with Crippen molar-refractivity contribution in [2.75, 3.05) is 26.2 Å². The summed E-state index contributed by atoms with van der Waals surface area (Å²) in [5, 5.41) is 3.24. The van der Waals surface area contributed by atoms with E-state index in [0.29, 0.717) is 12.6 Å². The number of carbonyl (C=O) groups excluding carboxylic acids is 1. The molecule has 0 spiro atoms. The summed E-state index contributed by atoms with van der Waals surface area (Å²) >= 11 is 0. The molecule has 1 heterocycles. The largest absolute Gasteiger partial charge is 0.465 e. The molecule has 1 N–H and O–H groups in total. The van der Waals surface area contributed by atoms with Gasteiger partial charge in [-0.05, 0) is 19.8 Å². The fourth-order valence-corrected chi connectivity index (χ4v) is 2.02. The molecule has 2 aliphatic rings. The van der Waals surface area contributed by atoms with Gasteiger partial charge in [0.25, 0.3) is 0 Å². The second-order valence-corrected chi connectivity index (χ2v) is 3.94. The maximum absolute atomic E-state index is 11.6. The zero-order valence-corrected chi connectivity index (χ0v) is 8.66. The summed E-state index contributed by atoms with van der Waals surface area (Å²) in [5.41, 5.74) is 0. The van der Waals surface area contributed by atoms with E-state index in [-0.39, 0.29) is 12.0 Å². The van der Waals surface area contributed by atoms with Crippen LogP contribution in [0.5, 0.6) is 0 Å². The Kier molecular flexibility index (Phi) is 3.03. The van der Waals surface area contributed by atoms with Crippen molar-refractivity contribution in [2.45, 2.75) is 31.8 Å². The Bertz CT molecular complexity index is 216. The van der Waals surface area contributed by atoms with Crippen molar-refractivity contribution >= 4 is 5.97 Å². The summed E-state index contributed by atoms with van der Waals surface area (Å²) < 4.78 is 5.07. The number of hydrogen-bond acceptors (Lipinski definition) is 4. The molecule has 1 unspecified atom stereocenters. The van der Waals surface area contributed by atoms with Crippen molar-refractivity contribution in [3.63, 3.8) is 0 Å². The highest BCUT2D eigenvalue weighted by Gasteiger charge is 2.39. The average molecular weight is 198 g/mol. The summed E-state index contributed by atoms with van der Waals surface area (Å²) in [4.78, 5) is 13.9. The molecule has 14 heavy (non-hydrogen) atoms. The molecule has 2 rings (SSSR count). The lowest BCUT2D eigenvalue weighted by Gasteiger charge is -2.34. The first-order valence-electron chi connectivity index (χ1n) is 5.46. The van der Waals surface area contributed by atoms with Gasteiger partial charge in [-0.2, -0.15) is 0 Å². The van der Waals surface area contributed by atoms with Gasteiger partial charge < -0.3 is 10.1 Å². The minimum Gasteiger partial charge on any atom is -0.465 e. The number of hydrogen-bond donors (Lipinski definition) is 1. The lowest BCUT2D eigenvalue weighted by molar-refractivity contribution is -0.150. The third-order valence-electron chi connectivity index (χ3n) is 2.86. The molecule has 0 amide bonds. The molecule has 2 fully saturated rings. The minimum atomic E-state index is -0.0633. The molecule has 80 valence electrons. The van der Waals surface area contributed by atoms with Crippen molar-refractivity contribution in [1.29, 1.82) is 0 Å². The highest BCUT2D eigenvalue weighted by molar-refractivity contribution is 5.76. The van der Waals surface area contributed by atoms with Gasteiger partial charge in [-0.3, -0.25) is 9.69 Å². The Hall–Kier alpha value is -0.610. The quantitative estimate of drug-likeness (QED) is 0.647. The Morgan fingerprint density at radius 1 is 1.57 bits per heavy atom. The fourth-order valence-electron chi connectivity index (χ4n) is 2.02. The molecule has 0 bridgehead atoms. The summed E-state index contributed by atoms with van der Waals surface area (Å²) in [6, 6.07) is 0.600. The third kappa shape index (κ3) is 2.07. The van der Waals surface area contributed by atoms with E-state index in [1.54, 1.807) is 0 Å². The van der Waals surface area contributed by atoms with Crippen molar-refractivity contribution < 1.29 is 9.53 Å². The number of ether oxygens (including phenoxy) is 1.